The molecular weight excluding hydrogens is 453 g/mol. The van der Waals surface area contributed by atoms with Crippen LogP contribution in [0.5, 0.6) is 0 Å². The summed E-state index contributed by atoms with van der Waals surface area (Å²) in [5.41, 5.74) is 0.165. The number of amides is 1. The highest BCUT2D eigenvalue weighted by molar-refractivity contribution is 7.89. The van der Waals surface area contributed by atoms with Gasteiger partial charge in [-0.05, 0) is 37.3 Å². The highest BCUT2D eigenvalue weighted by Gasteiger charge is 2.49. The first kappa shape index (κ1) is 23.3. The number of benzene rings is 1. The van der Waals surface area contributed by atoms with E-state index in [0.29, 0.717) is 37.1 Å². The van der Waals surface area contributed by atoms with Gasteiger partial charge in [0.15, 0.2) is 0 Å². The third kappa shape index (κ3) is 4.33. The topological polar surface area (TPSA) is 96.4 Å². The molecule has 2 fully saturated rings. The number of carbonyl (C=O) groups is 1. The van der Waals surface area contributed by atoms with Crippen LogP contribution in [0, 0.1) is 0 Å². The van der Waals surface area contributed by atoms with Gasteiger partial charge in [-0.2, -0.15) is 17.5 Å². The molecule has 1 aromatic carbocycles. The number of likely N-dealkylation sites (tertiary alicyclic amines) is 1. The van der Waals surface area contributed by atoms with Gasteiger partial charge < -0.3 is 19.5 Å². The first-order valence-electron chi connectivity index (χ1n) is 10.4. The maximum absolute atomic E-state index is 13.1. The number of alkyl halides is 3. The molecule has 1 amide bonds. The van der Waals surface area contributed by atoms with Crippen LogP contribution in [-0.4, -0.2) is 85.6 Å². The molecule has 32 heavy (non-hydrogen) atoms. The largest absolute Gasteiger partial charge is 0.434 e. The maximum atomic E-state index is 13.1. The van der Waals surface area contributed by atoms with Crippen LogP contribution < -0.4 is 0 Å². The van der Waals surface area contributed by atoms with E-state index in [9.17, 15) is 26.4 Å². The van der Waals surface area contributed by atoms with Crippen molar-refractivity contribution in [1.29, 1.82) is 0 Å². The number of fused-ring (bicyclic) bond motifs is 1. The minimum absolute atomic E-state index is 0.122. The number of aliphatic hydroxyl groups is 1. The standard InChI is InChI=1S/C20H25F3N2O6S/c21-20(22,23)17(12-26)31-18(27)24-9-6-19(7-10-24)11-15(13-30-19)25-8-5-14-3-1-2-4-16(14)32(25,28)29/h1-4,15,17,26H,5-13H2. The number of hydrogen-bond acceptors (Lipinski definition) is 6. The first-order chi connectivity index (χ1) is 15.1. The third-order valence-electron chi connectivity index (χ3n) is 6.46. The summed E-state index contributed by atoms with van der Waals surface area (Å²) in [6, 6.07) is 6.59. The summed E-state index contributed by atoms with van der Waals surface area (Å²) in [5.74, 6) is 0. The minimum Gasteiger partial charge on any atom is -0.434 e. The lowest BCUT2D eigenvalue weighted by Gasteiger charge is -2.39. The zero-order chi connectivity index (χ0) is 23.1. The zero-order valence-electron chi connectivity index (χ0n) is 17.3. The van der Waals surface area contributed by atoms with Crippen LogP contribution in [0.4, 0.5) is 18.0 Å². The van der Waals surface area contributed by atoms with Crippen molar-refractivity contribution in [1.82, 2.24) is 9.21 Å². The highest BCUT2D eigenvalue weighted by atomic mass is 32.2. The number of aliphatic hydroxyl groups excluding tert-OH is 1. The summed E-state index contributed by atoms with van der Waals surface area (Å²) in [5, 5.41) is 8.84. The van der Waals surface area contributed by atoms with Gasteiger partial charge in [0.25, 0.3) is 0 Å². The van der Waals surface area contributed by atoms with Crippen molar-refractivity contribution < 1.29 is 41.0 Å². The minimum atomic E-state index is -4.85. The van der Waals surface area contributed by atoms with Crippen molar-refractivity contribution in [3.05, 3.63) is 29.8 Å². The van der Waals surface area contributed by atoms with Gasteiger partial charge in [-0.15, -0.1) is 0 Å². The van der Waals surface area contributed by atoms with Gasteiger partial charge in [0, 0.05) is 19.6 Å². The Kier molecular flexibility index (Phi) is 6.16. The fourth-order valence-corrected chi connectivity index (χ4v) is 6.54. The average molecular weight is 478 g/mol. The molecule has 0 saturated carbocycles. The molecule has 0 aromatic heterocycles. The summed E-state index contributed by atoms with van der Waals surface area (Å²) < 4.78 is 76.3. The molecule has 1 spiro atoms. The molecule has 3 aliphatic heterocycles. The van der Waals surface area contributed by atoms with Gasteiger partial charge >= 0.3 is 12.3 Å². The molecule has 0 radical (unpaired) electrons. The van der Waals surface area contributed by atoms with Gasteiger partial charge in [0.2, 0.25) is 16.1 Å². The Morgan fingerprint density at radius 3 is 2.59 bits per heavy atom. The number of rotatable bonds is 3. The summed E-state index contributed by atoms with van der Waals surface area (Å²) in [6.07, 6.45) is -6.76. The van der Waals surface area contributed by atoms with E-state index < -0.39 is 40.6 Å². The molecule has 0 aliphatic carbocycles. The summed E-state index contributed by atoms with van der Waals surface area (Å²) in [6.45, 7) is -0.506. The highest BCUT2D eigenvalue weighted by Crippen LogP contribution is 2.40. The molecule has 1 aromatic rings. The number of piperidine rings is 1. The molecule has 3 aliphatic rings. The number of sulfonamides is 1. The number of hydrogen-bond donors (Lipinski definition) is 1. The van der Waals surface area contributed by atoms with Crippen LogP contribution in [-0.2, 0) is 25.9 Å². The Labute approximate surface area is 183 Å². The summed E-state index contributed by atoms with van der Waals surface area (Å²) >= 11 is 0. The smallest absolute Gasteiger partial charge is 0.427 e. The van der Waals surface area contributed by atoms with Crippen LogP contribution in [0.2, 0.25) is 0 Å². The zero-order valence-corrected chi connectivity index (χ0v) is 18.1. The average Bonchev–Trinajstić information content (AvgIpc) is 3.14. The maximum Gasteiger partial charge on any atom is 0.427 e. The lowest BCUT2D eigenvalue weighted by atomic mass is 9.87. The molecule has 3 heterocycles. The lowest BCUT2D eigenvalue weighted by Crippen LogP contribution is -2.50. The van der Waals surface area contributed by atoms with Crippen molar-refractivity contribution in [2.45, 2.75) is 54.5 Å². The van der Waals surface area contributed by atoms with Crippen molar-refractivity contribution >= 4 is 16.1 Å². The van der Waals surface area contributed by atoms with E-state index in [0.717, 1.165) is 10.5 Å². The molecule has 2 saturated heterocycles. The van der Waals surface area contributed by atoms with Crippen LogP contribution >= 0.6 is 0 Å². The van der Waals surface area contributed by atoms with Crippen molar-refractivity contribution in [2.75, 3.05) is 32.8 Å². The van der Waals surface area contributed by atoms with E-state index in [1.807, 2.05) is 12.1 Å². The van der Waals surface area contributed by atoms with Gasteiger partial charge in [0.05, 0.1) is 29.8 Å². The summed E-state index contributed by atoms with van der Waals surface area (Å²) in [4.78, 5) is 13.6. The quantitative estimate of drug-likeness (QED) is 0.713. The fraction of sp³-hybridized carbons (Fsp3) is 0.650. The SMILES string of the molecule is O=C(OC(CO)C(F)(F)F)N1CCC2(CC1)CC(N1CCc3ccccc3S1(=O)=O)CO2. The lowest BCUT2D eigenvalue weighted by molar-refractivity contribution is -0.215. The molecule has 0 bridgehead atoms. The van der Waals surface area contributed by atoms with E-state index in [2.05, 4.69) is 4.74 Å². The predicted octanol–water partition coefficient (Wildman–Crippen LogP) is 1.92. The van der Waals surface area contributed by atoms with E-state index in [4.69, 9.17) is 9.84 Å². The normalized spacial score (nSPS) is 26.0. The van der Waals surface area contributed by atoms with Gasteiger partial charge in [-0.1, -0.05) is 18.2 Å². The van der Waals surface area contributed by atoms with Crippen molar-refractivity contribution in [2.24, 2.45) is 0 Å². The van der Waals surface area contributed by atoms with Crippen molar-refractivity contribution in [3.63, 3.8) is 0 Å². The summed E-state index contributed by atoms with van der Waals surface area (Å²) in [7, 11) is -3.64. The Morgan fingerprint density at radius 2 is 1.94 bits per heavy atom. The predicted molar refractivity (Wildman–Crippen MR) is 105 cm³/mol. The molecule has 8 nitrogen and oxygen atoms in total. The third-order valence-corrected chi connectivity index (χ3v) is 8.52. The molecule has 4 rings (SSSR count). The molecule has 178 valence electrons. The Hall–Kier alpha value is -1.89. The van der Waals surface area contributed by atoms with Crippen LogP contribution in [0.1, 0.15) is 24.8 Å². The van der Waals surface area contributed by atoms with E-state index >= 15 is 0 Å². The second kappa shape index (κ2) is 8.47. The monoisotopic (exact) mass is 478 g/mol. The van der Waals surface area contributed by atoms with Crippen LogP contribution in [0.3, 0.4) is 0 Å². The number of nitrogens with zero attached hydrogens (tertiary/aromatic N) is 2. The molecular formula is C20H25F3N2O6S. The second-order valence-corrected chi connectivity index (χ2v) is 10.3. The Morgan fingerprint density at radius 1 is 1.25 bits per heavy atom. The second-order valence-electron chi connectivity index (χ2n) is 8.41. The number of ether oxygens (including phenoxy) is 2. The van der Waals surface area contributed by atoms with Gasteiger partial charge in [0.1, 0.15) is 0 Å². The fourth-order valence-electron chi connectivity index (χ4n) is 4.67. The van der Waals surface area contributed by atoms with Crippen LogP contribution in [0.25, 0.3) is 0 Å². The molecule has 2 atom stereocenters. The number of carbonyl (C=O) groups excluding carboxylic acids is 1. The molecule has 1 N–H and O–H groups in total. The van der Waals surface area contributed by atoms with Gasteiger partial charge in [-0.3, -0.25) is 0 Å². The van der Waals surface area contributed by atoms with Gasteiger partial charge in [-0.25, -0.2) is 13.2 Å². The van der Waals surface area contributed by atoms with E-state index in [-0.39, 0.29) is 25.7 Å². The van der Waals surface area contributed by atoms with Crippen LogP contribution in [0.15, 0.2) is 29.2 Å². The van der Waals surface area contributed by atoms with E-state index in [1.165, 1.54) is 4.31 Å². The molecule has 2 unspecified atom stereocenters. The Bertz CT molecular complexity index is 962. The van der Waals surface area contributed by atoms with E-state index in [1.54, 1.807) is 12.1 Å². The first-order valence-corrected chi connectivity index (χ1v) is 11.9. The molecule has 12 heteroatoms. The Balaban J connectivity index is 1.37. The van der Waals surface area contributed by atoms with Crippen molar-refractivity contribution in [3.8, 4) is 0 Å². The number of halogens is 3.